The molecular formula is C108H104Cl3FN12O18. The summed E-state index contributed by atoms with van der Waals surface area (Å²) >= 11 is 18.8. The van der Waals surface area contributed by atoms with E-state index >= 15 is 0 Å². The zero-order valence-electron chi connectivity index (χ0n) is 80.4. The Morgan fingerprint density at radius 2 is 0.754 bits per heavy atom. The maximum Gasteiger partial charge on any atom is 0.335 e. The molecule has 0 aliphatic heterocycles. The number of ketones is 2. The molecule has 0 fully saturated rings. The second-order valence-electron chi connectivity index (χ2n) is 36.3. The third-order valence-electron chi connectivity index (χ3n) is 25.5. The van der Waals surface area contributed by atoms with Gasteiger partial charge in [-0.05, 0) is 296 Å². The number of aliphatic hydroxyl groups excluding tert-OH is 1. The zero-order chi connectivity index (χ0) is 103. The molecule has 7 aromatic carbocycles. The maximum atomic E-state index is 13.8. The van der Waals surface area contributed by atoms with Crippen molar-refractivity contribution in [3.05, 3.63) is 309 Å². The molecule has 732 valence electrons. The van der Waals surface area contributed by atoms with Crippen LogP contribution in [0.5, 0.6) is 34.5 Å². The van der Waals surface area contributed by atoms with Gasteiger partial charge in [0, 0.05) is 86.7 Å². The van der Waals surface area contributed by atoms with Gasteiger partial charge in [-0.25, -0.2) is 33.7 Å². The summed E-state index contributed by atoms with van der Waals surface area (Å²) in [6.07, 6.45) is 12.8. The van der Waals surface area contributed by atoms with E-state index in [1.54, 1.807) is 92.7 Å². The lowest BCUT2D eigenvalue weighted by Crippen LogP contribution is -2.30. The molecule has 1 unspecified atom stereocenters. The fourth-order valence-corrected chi connectivity index (χ4v) is 17.9. The van der Waals surface area contributed by atoms with Crippen LogP contribution in [0, 0.1) is 40.4 Å². The molecule has 1 atom stereocenters. The number of aliphatic hydroxyl groups is 1. The van der Waals surface area contributed by atoms with Gasteiger partial charge in [-0.1, -0.05) is 76.3 Å². The van der Waals surface area contributed by atoms with Crippen LogP contribution in [0.4, 0.5) is 10.1 Å². The normalized spacial score (nSPS) is 13.2. The van der Waals surface area contributed by atoms with E-state index in [1.165, 1.54) is 63.8 Å². The van der Waals surface area contributed by atoms with Crippen molar-refractivity contribution in [1.29, 1.82) is 0 Å². The van der Waals surface area contributed by atoms with Crippen molar-refractivity contribution in [2.24, 2.45) is 0 Å². The lowest BCUT2D eigenvalue weighted by Gasteiger charge is -2.21. The summed E-state index contributed by atoms with van der Waals surface area (Å²) in [6.45, 7) is 22.0. The monoisotopic (exact) mass is 1980 g/mol. The fourth-order valence-electron chi connectivity index (χ4n) is 17.1. The molecule has 15 aromatic rings. The summed E-state index contributed by atoms with van der Waals surface area (Å²) in [5.74, 6) is -3.64. The minimum Gasteiger partial charge on any atom is -0.506 e. The molecular weight excluding hydrogens is 1880 g/mol. The number of aromatic nitrogens is 8. The van der Waals surface area contributed by atoms with Crippen LogP contribution < -0.4 is 40.6 Å². The first-order chi connectivity index (χ1) is 67.3. The third-order valence-corrected chi connectivity index (χ3v) is 26.4. The van der Waals surface area contributed by atoms with Gasteiger partial charge in [-0.15, -0.1) is 0 Å². The van der Waals surface area contributed by atoms with Crippen LogP contribution in [0.1, 0.15) is 217 Å². The van der Waals surface area contributed by atoms with Gasteiger partial charge in [0.2, 0.25) is 0 Å². The first kappa shape index (κ1) is 104. The number of benzene rings is 7. The summed E-state index contributed by atoms with van der Waals surface area (Å²) in [6, 6.07) is 39.0. The van der Waals surface area contributed by atoms with Gasteiger partial charge in [-0.2, -0.15) is 0 Å². The standard InChI is InChI=1S/C30H27ClFN3O3.C24H26ClN3O3.C24H24ClN3O3.C12H11NO3.C11H9NO3.C7H7NO3/c1-16-8-10-33-28-20(16)11-18(13-26(28)38-4)29(37)34-15-25(36)24-14-21-19(7-9-30(21,2)3)27(35-24)17-5-6-23(32)22(31)12-17;2*1-13-6-8-26-21-16(13)9-14(10-20(21)31-4)23(30)27-12-19(29)18-11-17-15(22(25)28-18)5-7-24(17,2)3;1-7-3-4-13-11-9(7)5-8(12(14)15)6-10(11)16-2;1-6-2-3-12-10-8(6)4-7(11(14)15)5-9(10)13;8-5-2-1-4(7(10)11)3-6(5)9/h5-6,8,10-14H,7,9,15H2,1-4H3,(H,34,37);6,8-11,19,29H,5,7,12H2,1-4H3,(H,27,30);6,8-11H,5,7,12H2,1-4H3,(H,27,30);3-6H,1-2H3,(H,14,15);2-5,13H,1H3,(H,14,15);1-3,9H,8H2,(H,10,11). The van der Waals surface area contributed by atoms with E-state index in [-0.39, 0.29) is 110 Å². The number of nitrogen functional groups attached to an aromatic ring is 1. The Bertz CT molecular complexity index is 7590. The minimum atomic E-state index is -1.08. The number of carboxylic acid groups (broad SMARTS) is 3. The van der Waals surface area contributed by atoms with Gasteiger partial charge in [-0.3, -0.25) is 48.9 Å². The number of amides is 3. The van der Waals surface area contributed by atoms with E-state index in [0.717, 1.165) is 127 Å². The maximum absolute atomic E-state index is 13.8. The van der Waals surface area contributed by atoms with E-state index < -0.39 is 35.7 Å². The number of aryl methyl sites for hydroxylation is 5. The summed E-state index contributed by atoms with van der Waals surface area (Å²) in [5, 5.41) is 68.5. The number of fused-ring (bicyclic) bond motifs is 8. The second kappa shape index (κ2) is 43.5. The number of carbonyl (C=O) groups is 8. The first-order valence-corrected chi connectivity index (χ1v) is 46.1. The molecule has 18 rings (SSSR count). The molecule has 8 heterocycles. The van der Waals surface area contributed by atoms with Gasteiger partial charge in [0.1, 0.15) is 95.7 Å². The number of pyridine rings is 8. The van der Waals surface area contributed by atoms with Crippen LogP contribution >= 0.6 is 34.8 Å². The van der Waals surface area contributed by atoms with E-state index in [4.69, 9.17) is 79.9 Å². The Labute approximate surface area is 831 Å². The van der Waals surface area contributed by atoms with Gasteiger partial charge >= 0.3 is 17.9 Å². The number of carbonyl (C=O) groups excluding carboxylic acids is 5. The number of hydrogen-bond acceptors (Lipinski definition) is 24. The molecule has 0 spiro atoms. The number of nitrogens with one attached hydrogen (secondary N) is 3. The average Bonchev–Trinajstić information content (AvgIpc) is 1.62. The van der Waals surface area contributed by atoms with Gasteiger partial charge < -0.3 is 71.3 Å². The van der Waals surface area contributed by atoms with E-state index in [2.05, 4.69) is 97.4 Å². The Hall–Kier alpha value is -15.4. The van der Waals surface area contributed by atoms with Crippen molar-refractivity contribution in [2.45, 2.75) is 137 Å². The molecule has 3 aliphatic rings. The van der Waals surface area contributed by atoms with Crippen LogP contribution in [-0.4, -0.2) is 166 Å². The highest BCUT2D eigenvalue weighted by Crippen LogP contribution is 2.46. The average molecular weight is 1980 g/mol. The molecule has 34 heteroatoms. The number of aromatic carboxylic acids is 3. The lowest BCUT2D eigenvalue weighted by atomic mass is 9.85. The third kappa shape index (κ3) is 23.0. The van der Waals surface area contributed by atoms with Crippen molar-refractivity contribution in [3.8, 4) is 45.8 Å². The van der Waals surface area contributed by atoms with Crippen molar-refractivity contribution < 1.29 is 92.3 Å². The molecule has 0 bridgehead atoms. The highest BCUT2D eigenvalue weighted by molar-refractivity contribution is 6.31. The SMILES string of the molecule is COc1cc(C(=O)NCC(=O)c2cc3c(c(-c4ccc(F)c(Cl)c4)n2)CCC3(C)C)cc2c(C)ccnc12.COc1cc(C(=O)NCC(=O)c2cc3c(c(Cl)n2)CCC3(C)C)cc2c(C)ccnc12.COc1cc(C(=O)NCC(O)c2cc3c(c(Cl)n2)CCC3(C)C)cc2c(C)ccnc12.COc1cc(C(=O)O)cc2c(C)ccnc12.Cc1ccnc2c(O)cc(C(=O)O)cc12.Nc1ccc(C(=O)O)cc1O. The van der Waals surface area contributed by atoms with E-state index in [9.17, 15) is 53.0 Å². The number of ether oxygens (including phenoxy) is 4. The number of hydrogen-bond donors (Lipinski definition) is 10. The fraction of sp³-hybridized carbons (Fsp3) is 0.259. The smallest absolute Gasteiger partial charge is 0.335 e. The van der Waals surface area contributed by atoms with Crippen LogP contribution in [0.2, 0.25) is 15.3 Å². The number of phenols is 2. The number of rotatable bonds is 20. The number of carboxylic acids is 3. The molecule has 3 amide bonds. The van der Waals surface area contributed by atoms with Crippen LogP contribution in [-0.2, 0) is 35.5 Å². The number of anilines is 1. The number of phenolic OH excluding ortho intramolecular Hbond substituents is 2. The largest absolute Gasteiger partial charge is 0.506 e. The zero-order valence-corrected chi connectivity index (χ0v) is 82.7. The molecule has 3 aliphatic carbocycles. The summed E-state index contributed by atoms with van der Waals surface area (Å²) in [7, 11) is 6.12. The lowest BCUT2D eigenvalue weighted by molar-refractivity contribution is 0.0686. The molecule has 0 saturated carbocycles. The van der Waals surface area contributed by atoms with Crippen molar-refractivity contribution >= 4 is 142 Å². The molecule has 142 heavy (non-hydrogen) atoms. The van der Waals surface area contributed by atoms with E-state index in [1.807, 2.05) is 77.1 Å². The molecule has 30 nitrogen and oxygen atoms in total. The Morgan fingerprint density at radius 3 is 1.15 bits per heavy atom. The number of aromatic hydroxyl groups is 2. The number of methoxy groups -OCH3 is 4. The molecule has 8 aromatic heterocycles. The van der Waals surface area contributed by atoms with Crippen molar-refractivity contribution in [1.82, 2.24) is 55.8 Å². The Balaban J connectivity index is 0.000000150. The predicted octanol–water partition coefficient (Wildman–Crippen LogP) is 19.8. The number of halogens is 4. The van der Waals surface area contributed by atoms with Crippen molar-refractivity contribution in [2.75, 3.05) is 53.8 Å². The summed E-state index contributed by atoms with van der Waals surface area (Å²) in [4.78, 5) is 131. The number of Topliss-reactive ketones (excluding diaryl/α,β-unsaturated/α-hetero) is 2. The topological polar surface area (TPSA) is 460 Å². The first-order valence-electron chi connectivity index (χ1n) is 44.9. The van der Waals surface area contributed by atoms with E-state index in [0.29, 0.717) is 99.9 Å². The summed E-state index contributed by atoms with van der Waals surface area (Å²) in [5.41, 5.74) is 23.3. The summed E-state index contributed by atoms with van der Waals surface area (Å²) < 4.78 is 35.3. The molecule has 0 radical (unpaired) electrons. The highest BCUT2D eigenvalue weighted by atomic mass is 35.5. The predicted molar refractivity (Wildman–Crippen MR) is 541 cm³/mol. The molecule has 11 N–H and O–H groups in total. The van der Waals surface area contributed by atoms with Crippen LogP contribution in [0.25, 0.3) is 65.8 Å². The van der Waals surface area contributed by atoms with Crippen LogP contribution in [0.3, 0.4) is 0 Å². The highest BCUT2D eigenvalue weighted by Gasteiger charge is 2.37. The van der Waals surface area contributed by atoms with Gasteiger partial charge in [0.15, 0.2) is 11.6 Å². The Morgan fingerprint density at radius 1 is 0.408 bits per heavy atom. The minimum absolute atomic E-state index is 0.00412. The quantitative estimate of drug-likeness (QED) is 0.0147. The van der Waals surface area contributed by atoms with Gasteiger partial charge in [0.05, 0.1) is 80.3 Å². The molecule has 0 saturated heterocycles. The Kier molecular flexibility index (Phi) is 31.9. The van der Waals surface area contributed by atoms with Crippen molar-refractivity contribution in [3.63, 3.8) is 0 Å². The van der Waals surface area contributed by atoms with Gasteiger partial charge in [0.25, 0.3) is 17.7 Å². The number of nitrogens with two attached hydrogens (primary N) is 1. The second-order valence-corrected chi connectivity index (χ2v) is 37.4. The van der Waals surface area contributed by atoms with Crippen LogP contribution in [0.15, 0.2) is 177 Å². The number of nitrogens with zero attached hydrogens (tertiary/aromatic N) is 8.